The van der Waals surface area contributed by atoms with Gasteiger partial charge < -0.3 is 9.64 Å². The third-order valence-electron chi connectivity index (χ3n) is 4.93. The molecular weight excluding hydrogens is 378 g/mol. The maximum atomic E-state index is 14.3. The second-order valence-corrected chi connectivity index (χ2v) is 6.76. The number of rotatable bonds is 5. The molecule has 1 aliphatic rings. The summed E-state index contributed by atoms with van der Waals surface area (Å²) in [6, 6.07) is 5.05. The molecule has 1 atom stereocenters. The van der Waals surface area contributed by atoms with Crippen molar-refractivity contribution in [2.45, 2.75) is 25.8 Å². The second kappa shape index (κ2) is 7.98. The molecule has 0 unspecified atom stereocenters. The molecule has 3 aromatic rings. The Kier molecular flexibility index (Phi) is 5.24. The number of halogens is 2. The highest BCUT2D eigenvalue weighted by Crippen LogP contribution is 2.36. The van der Waals surface area contributed by atoms with Crippen molar-refractivity contribution < 1.29 is 18.3 Å². The molecule has 0 aliphatic carbocycles. The molecule has 0 saturated carbocycles. The van der Waals surface area contributed by atoms with Gasteiger partial charge in [-0.2, -0.15) is 5.10 Å². The number of benzene rings is 1. The molecule has 29 heavy (non-hydrogen) atoms. The number of ether oxygens (including phenoxy) is 1. The molecule has 1 saturated heterocycles. The van der Waals surface area contributed by atoms with Crippen LogP contribution in [0.4, 0.5) is 14.6 Å². The van der Waals surface area contributed by atoms with E-state index < -0.39 is 17.6 Å². The summed E-state index contributed by atoms with van der Waals surface area (Å²) in [6.07, 6.45) is 7.86. The van der Waals surface area contributed by atoms with E-state index in [4.69, 9.17) is 4.74 Å². The number of hydrogen-bond acceptors (Lipinski definition) is 5. The zero-order chi connectivity index (χ0) is 20.4. The van der Waals surface area contributed by atoms with E-state index in [0.717, 1.165) is 18.6 Å². The van der Waals surface area contributed by atoms with Gasteiger partial charge in [0.05, 0.1) is 18.8 Å². The fourth-order valence-electron chi connectivity index (χ4n) is 3.64. The molecule has 0 N–H and O–H groups in total. The van der Waals surface area contributed by atoms with Crippen LogP contribution >= 0.6 is 0 Å². The molecular formula is C21H20F2N4O2. The van der Waals surface area contributed by atoms with Crippen LogP contribution in [0.25, 0.3) is 11.7 Å². The van der Waals surface area contributed by atoms with Gasteiger partial charge in [-0.05, 0) is 50.1 Å². The van der Waals surface area contributed by atoms with Crippen molar-refractivity contribution in [3.63, 3.8) is 0 Å². The molecule has 150 valence electrons. The van der Waals surface area contributed by atoms with E-state index in [1.807, 2.05) is 4.90 Å². The molecule has 1 fully saturated rings. The lowest BCUT2D eigenvalue weighted by molar-refractivity contribution is -0.137. The van der Waals surface area contributed by atoms with Crippen molar-refractivity contribution in [1.82, 2.24) is 14.6 Å². The Morgan fingerprint density at radius 3 is 3.03 bits per heavy atom. The number of nitrogens with zero attached hydrogens (tertiary/aromatic N) is 4. The van der Waals surface area contributed by atoms with E-state index in [0.29, 0.717) is 42.2 Å². The number of esters is 1. The Hall–Kier alpha value is -3.29. The largest absolute Gasteiger partial charge is 0.463 e. The summed E-state index contributed by atoms with van der Waals surface area (Å²) < 4.78 is 34.5. The van der Waals surface area contributed by atoms with Crippen molar-refractivity contribution in [3.8, 4) is 0 Å². The Morgan fingerprint density at radius 2 is 2.21 bits per heavy atom. The van der Waals surface area contributed by atoms with Crippen LogP contribution in [0.15, 0.2) is 42.7 Å². The van der Waals surface area contributed by atoms with E-state index in [2.05, 4.69) is 10.1 Å². The van der Waals surface area contributed by atoms with Crippen molar-refractivity contribution in [3.05, 3.63) is 65.5 Å². The van der Waals surface area contributed by atoms with Gasteiger partial charge in [0.25, 0.3) is 0 Å². The molecule has 0 spiro atoms. The van der Waals surface area contributed by atoms with Crippen molar-refractivity contribution >= 4 is 23.5 Å². The first-order valence-electron chi connectivity index (χ1n) is 9.47. The summed E-state index contributed by atoms with van der Waals surface area (Å²) in [6.45, 7) is 2.72. The standard InChI is InChI=1S/C21H20F2N4O2/c1-2-29-20(28)8-5-14-13-24-27-11-9-19(25-21(14)27)26-10-3-4-18(26)16-12-15(22)6-7-17(16)23/h5-9,11-13,18H,2-4,10H2,1H3/b8-5+/t18-/m1/s1. The number of fused-ring (bicyclic) bond motifs is 1. The highest BCUT2D eigenvalue weighted by Gasteiger charge is 2.29. The average molecular weight is 398 g/mol. The summed E-state index contributed by atoms with van der Waals surface area (Å²) in [4.78, 5) is 18.2. The number of carbonyl (C=O) groups excluding carboxylic acids is 1. The molecule has 0 amide bonds. The smallest absolute Gasteiger partial charge is 0.330 e. The SMILES string of the molecule is CCOC(=O)/C=C/c1cnn2ccc(N3CCC[C@@H]3c3cc(F)ccc3F)nc12. The van der Waals surface area contributed by atoms with Crippen molar-refractivity contribution in [1.29, 1.82) is 0 Å². The predicted molar refractivity (Wildman–Crippen MR) is 104 cm³/mol. The van der Waals surface area contributed by atoms with Gasteiger partial charge in [-0.15, -0.1) is 0 Å². The summed E-state index contributed by atoms with van der Waals surface area (Å²) >= 11 is 0. The monoisotopic (exact) mass is 398 g/mol. The van der Waals surface area contributed by atoms with Gasteiger partial charge in [-0.1, -0.05) is 0 Å². The summed E-state index contributed by atoms with van der Waals surface area (Å²) in [7, 11) is 0. The number of anilines is 1. The maximum Gasteiger partial charge on any atom is 0.330 e. The zero-order valence-electron chi connectivity index (χ0n) is 15.9. The number of hydrogen-bond donors (Lipinski definition) is 0. The number of carbonyl (C=O) groups is 1. The van der Waals surface area contributed by atoms with E-state index >= 15 is 0 Å². The lowest BCUT2D eigenvalue weighted by Gasteiger charge is -2.26. The number of aromatic nitrogens is 3. The van der Waals surface area contributed by atoms with Crippen LogP contribution in [0.2, 0.25) is 0 Å². The highest BCUT2D eigenvalue weighted by atomic mass is 19.1. The van der Waals surface area contributed by atoms with Crippen molar-refractivity contribution in [2.24, 2.45) is 0 Å². The van der Waals surface area contributed by atoms with Crippen LogP contribution in [-0.2, 0) is 9.53 Å². The minimum atomic E-state index is -0.459. The van der Waals surface area contributed by atoms with Gasteiger partial charge in [-0.3, -0.25) is 0 Å². The maximum absolute atomic E-state index is 14.3. The fraction of sp³-hybridized carbons (Fsp3) is 0.286. The molecule has 1 aromatic carbocycles. The summed E-state index contributed by atoms with van der Waals surface area (Å²) in [5.41, 5.74) is 1.56. The highest BCUT2D eigenvalue weighted by molar-refractivity contribution is 5.88. The Balaban J connectivity index is 1.67. The fourth-order valence-corrected chi connectivity index (χ4v) is 3.64. The third kappa shape index (κ3) is 3.83. The molecule has 1 aliphatic heterocycles. The Labute approximate surface area is 166 Å². The van der Waals surface area contributed by atoms with Crippen LogP contribution in [0, 0.1) is 11.6 Å². The molecule has 6 nitrogen and oxygen atoms in total. The minimum Gasteiger partial charge on any atom is -0.463 e. The lowest BCUT2D eigenvalue weighted by Crippen LogP contribution is -2.24. The normalized spacial score (nSPS) is 16.8. The third-order valence-corrected chi connectivity index (χ3v) is 4.93. The first-order chi connectivity index (χ1) is 14.1. The quantitative estimate of drug-likeness (QED) is 0.482. The first-order valence-corrected chi connectivity index (χ1v) is 9.47. The van der Waals surface area contributed by atoms with Gasteiger partial charge in [0.2, 0.25) is 0 Å². The zero-order valence-corrected chi connectivity index (χ0v) is 15.9. The van der Waals surface area contributed by atoms with Crippen LogP contribution in [0.3, 0.4) is 0 Å². The Bertz CT molecular complexity index is 1080. The molecule has 2 aromatic heterocycles. The van der Waals surface area contributed by atoms with Gasteiger partial charge >= 0.3 is 5.97 Å². The summed E-state index contributed by atoms with van der Waals surface area (Å²) in [5, 5.41) is 4.24. The first kappa shape index (κ1) is 19.0. The van der Waals surface area contributed by atoms with E-state index in [9.17, 15) is 13.6 Å². The van der Waals surface area contributed by atoms with Gasteiger partial charge in [-0.25, -0.2) is 23.1 Å². The lowest BCUT2D eigenvalue weighted by atomic mass is 10.0. The topological polar surface area (TPSA) is 59.7 Å². The van der Waals surface area contributed by atoms with Crippen LogP contribution in [0.1, 0.15) is 36.9 Å². The van der Waals surface area contributed by atoms with Gasteiger partial charge in [0.1, 0.15) is 17.5 Å². The van der Waals surface area contributed by atoms with Crippen LogP contribution < -0.4 is 4.90 Å². The molecule has 0 bridgehead atoms. The van der Waals surface area contributed by atoms with Crippen LogP contribution in [-0.4, -0.2) is 33.7 Å². The summed E-state index contributed by atoms with van der Waals surface area (Å²) in [5.74, 6) is -0.676. The second-order valence-electron chi connectivity index (χ2n) is 6.76. The molecule has 4 rings (SSSR count). The van der Waals surface area contributed by atoms with Crippen LogP contribution in [0.5, 0.6) is 0 Å². The Morgan fingerprint density at radius 1 is 1.34 bits per heavy atom. The average Bonchev–Trinajstić information content (AvgIpc) is 3.35. The van der Waals surface area contributed by atoms with E-state index in [-0.39, 0.29) is 6.04 Å². The molecule has 8 heteroatoms. The minimum absolute atomic E-state index is 0.290. The molecule has 0 radical (unpaired) electrons. The van der Waals surface area contributed by atoms with Gasteiger partial charge in [0, 0.05) is 29.9 Å². The van der Waals surface area contributed by atoms with Crippen molar-refractivity contribution in [2.75, 3.05) is 18.1 Å². The van der Waals surface area contributed by atoms with Gasteiger partial charge in [0.15, 0.2) is 5.65 Å². The molecule has 3 heterocycles. The van der Waals surface area contributed by atoms with E-state index in [1.165, 1.54) is 12.1 Å². The van der Waals surface area contributed by atoms with E-state index in [1.54, 1.807) is 36.0 Å². The predicted octanol–water partition coefficient (Wildman–Crippen LogP) is 3.93.